The molecule has 0 spiro atoms. The van der Waals surface area contributed by atoms with E-state index in [0.29, 0.717) is 29.2 Å². The summed E-state index contributed by atoms with van der Waals surface area (Å²) in [4.78, 5) is 12.5. The fourth-order valence-electron chi connectivity index (χ4n) is 2.90. The van der Waals surface area contributed by atoms with E-state index in [9.17, 15) is 14.4 Å². The van der Waals surface area contributed by atoms with Crippen LogP contribution in [0.1, 0.15) is 18.1 Å². The molecular weight excluding hydrogens is 466 g/mol. The van der Waals surface area contributed by atoms with Gasteiger partial charge in [-0.2, -0.15) is 5.26 Å². The van der Waals surface area contributed by atoms with Gasteiger partial charge in [0, 0.05) is 5.69 Å². The number of halogens is 3. The van der Waals surface area contributed by atoms with Gasteiger partial charge in [-0.3, -0.25) is 4.79 Å². The van der Waals surface area contributed by atoms with Crippen LogP contribution < -0.4 is 14.8 Å². The van der Waals surface area contributed by atoms with Gasteiger partial charge >= 0.3 is 0 Å². The Morgan fingerprint density at radius 1 is 1.09 bits per heavy atom. The number of nitrogens with zero attached hydrogens (tertiary/aromatic N) is 1. The molecule has 0 aliphatic rings. The van der Waals surface area contributed by atoms with Crippen molar-refractivity contribution in [2.45, 2.75) is 13.5 Å². The molecule has 0 aliphatic carbocycles. The van der Waals surface area contributed by atoms with E-state index in [2.05, 4.69) is 5.32 Å². The summed E-state index contributed by atoms with van der Waals surface area (Å²) < 4.78 is 24.3. The average Bonchev–Trinajstić information content (AvgIpc) is 2.78. The second-order valence-electron chi connectivity index (χ2n) is 6.81. The minimum absolute atomic E-state index is 0.0698. The Morgan fingerprint density at radius 3 is 2.39 bits per heavy atom. The molecule has 5 nitrogen and oxygen atoms in total. The number of hydrogen-bond acceptors (Lipinski definition) is 4. The number of carbonyl (C=O) groups is 1. The van der Waals surface area contributed by atoms with Gasteiger partial charge < -0.3 is 14.8 Å². The van der Waals surface area contributed by atoms with Crippen molar-refractivity contribution < 1.29 is 18.7 Å². The topological polar surface area (TPSA) is 71.3 Å². The second kappa shape index (κ2) is 11.4. The van der Waals surface area contributed by atoms with Crippen LogP contribution in [0.3, 0.4) is 0 Å². The van der Waals surface area contributed by atoms with Gasteiger partial charge in [-0.1, -0.05) is 35.3 Å². The normalized spacial score (nSPS) is 10.9. The van der Waals surface area contributed by atoms with Gasteiger partial charge in [0.1, 0.15) is 29.8 Å². The zero-order valence-electron chi connectivity index (χ0n) is 17.6. The third-order valence-electron chi connectivity index (χ3n) is 4.39. The standard InChI is InChI=1S/C25H19Cl2FN2O3/c1-2-32-21-8-6-20(7-9-21)30-25(31)18(14-29)10-17-12-22(26)24(23(27)13-17)33-15-16-4-3-5-19(28)11-16/h3-13H,2,15H2,1H3,(H,30,31)/b18-10-. The number of anilines is 1. The molecule has 0 saturated carbocycles. The van der Waals surface area contributed by atoms with Crippen LogP contribution in [0, 0.1) is 17.1 Å². The summed E-state index contributed by atoms with van der Waals surface area (Å²) in [5.74, 6) is -0.0608. The number of carbonyl (C=O) groups excluding carboxylic acids is 1. The number of nitrogens with one attached hydrogen (secondary N) is 1. The van der Waals surface area contributed by atoms with Gasteiger partial charge in [0.2, 0.25) is 0 Å². The highest BCUT2D eigenvalue weighted by molar-refractivity contribution is 6.37. The highest BCUT2D eigenvalue weighted by atomic mass is 35.5. The first kappa shape index (κ1) is 24.1. The monoisotopic (exact) mass is 484 g/mol. The van der Waals surface area contributed by atoms with E-state index in [1.807, 2.05) is 13.0 Å². The first-order valence-corrected chi connectivity index (χ1v) is 10.7. The Balaban J connectivity index is 1.73. The van der Waals surface area contributed by atoms with Crippen molar-refractivity contribution in [2.75, 3.05) is 11.9 Å². The second-order valence-corrected chi connectivity index (χ2v) is 7.63. The Kier molecular flexibility index (Phi) is 8.31. The summed E-state index contributed by atoms with van der Waals surface area (Å²) in [5.41, 5.74) is 1.44. The molecule has 0 saturated heterocycles. The van der Waals surface area contributed by atoms with Crippen molar-refractivity contribution >= 4 is 40.9 Å². The number of hydrogen-bond donors (Lipinski definition) is 1. The lowest BCUT2D eigenvalue weighted by atomic mass is 10.1. The summed E-state index contributed by atoms with van der Waals surface area (Å²) in [6, 6.07) is 17.7. The van der Waals surface area contributed by atoms with Crippen LogP contribution in [0.2, 0.25) is 10.0 Å². The molecule has 0 bridgehead atoms. The summed E-state index contributed by atoms with van der Waals surface area (Å²) in [7, 11) is 0. The number of benzene rings is 3. The maximum Gasteiger partial charge on any atom is 0.266 e. The van der Waals surface area contributed by atoms with Crippen LogP contribution in [-0.4, -0.2) is 12.5 Å². The van der Waals surface area contributed by atoms with E-state index in [4.69, 9.17) is 32.7 Å². The third-order valence-corrected chi connectivity index (χ3v) is 4.95. The van der Waals surface area contributed by atoms with E-state index in [0.717, 1.165) is 0 Å². The van der Waals surface area contributed by atoms with E-state index >= 15 is 0 Å². The molecule has 0 heterocycles. The molecule has 0 unspecified atom stereocenters. The smallest absolute Gasteiger partial charge is 0.266 e. The molecule has 1 N–H and O–H groups in total. The van der Waals surface area contributed by atoms with Gasteiger partial charge in [0.15, 0.2) is 5.75 Å². The minimum Gasteiger partial charge on any atom is -0.494 e. The van der Waals surface area contributed by atoms with Gasteiger partial charge in [-0.05, 0) is 72.7 Å². The molecule has 3 aromatic carbocycles. The fraction of sp³-hybridized carbons (Fsp3) is 0.120. The largest absolute Gasteiger partial charge is 0.494 e. The van der Waals surface area contributed by atoms with Crippen molar-refractivity contribution in [1.29, 1.82) is 5.26 Å². The zero-order chi connectivity index (χ0) is 23.8. The van der Waals surface area contributed by atoms with Crippen LogP contribution in [0.4, 0.5) is 10.1 Å². The molecule has 0 aliphatic heterocycles. The number of nitriles is 1. The van der Waals surface area contributed by atoms with Crippen molar-refractivity contribution in [1.82, 2.24) is 0 Å². The molecule has 1 amide bonds. The Hall–Kier alpha value is -3.53. The zero-order valence-corrected chi connectivity index (χ0v) is 19.1. The molecule has 33 heavy (non-hydrogen) atoms. The molecular formula is C25H19Cl2FN2O3. The highest BCUT2D eigenvalue weighted by Crippen LogP contribution is 2.35. The molecule has 8 heteroatoms. The molecule has 0 fully saturated rings. The number of amides is 1. The highest BCUT2D eigenvalue weighted by Gasteiger charge is 2.13. The van der Waals surface area contributed by atoms with E-state index in [1.54, 1.807) is 36.4 Å². The molecule has 168 valence electrons. The molecule has 0 aromatic heterocycles. The van der Waals surface area contributed by atoms with Gasteiger partial charge in [0.05, 0.1) is 16.7 Å². The third kappa shape index (κ3) is 6.72. The number of ether oxygens (including phenoxy) is 2. The predicted octanol–water partition coefficient (Wildman–Crippen LogP) is 6.66. The Morgan fingerprint density at radius 2 is 1.79 bits per heavy atom. The van der Waals surface area contributed by atoms with E-state index in [1.165, 1.54) is 30.3 Å². The summed E-state index contributed by atoms with van der Waals surface area (Å²) >= 11 is 12.6. The first-order valence-electron chi connectivity index (χ1n) is 9.92. The van der Waals surface area contributed by atoms with Crippen LogP contribution in [0.5, 0.6) is 11.5 Å². The first-order chi connectivity index (χ1) is 15.9. The lowest BCUT2D eigenvalue weighted by Gasteiger charge is -2.11. The minimum atomic E-state index is -0.583. The van der Waals surface area contributed by atoms with Crippen LogP contribution >= 0.6 is 23.2 Å². The van der Waals surface area contributed by atoms with E-state index < -0.39 is 5.91 Å². The fourth-order valence-corrected chi connectivity index (χ4v) is 3.51. The summed E-state index contributed by atoms with van der Waals surface area (Å²) in [5, 5.41) is 12.5. The van der Waals surface area contributed by atoms with Gasteiger partial charge in [-0.25, -0.2) is 4.39 Å². The molecule has 0 atom stereocenters. The molecule has 3 rings (SSSR count). The van der Waals surface area contributed by atoms with Gasteiger partial charge in [0.25, 0.3) is 5.91 Å². The average molecular weight is 485 g/mol. The summed E-state index contributed by atoms with van der Waals surface area (Å²) in [6.45, 7) is 2.48. The van der Waals surface area contributed by atoms with Crippen LogP contribution in [0.15, 0.2) is 66.2 Å². The predicted molar refractivity (Wildman–Crippen MR) is 127 cm³/mol. The maximum atomic E-state index is 13.3. The van der Waals surface area contributed by atoms with Crippen molar-refractivity contribution in [2.24, 2.45) is 0 Å². The number of rotatable bonds is 8. The van der Waals surface area contributed by atoms with Crippen molar-refractivity contribution in [3.63, 3.8) is 0 Å². The molecule has 3 aromatic rings. The van der Waals surface area contributed by atoms with Crippen LogP contribution in [0.25, 0.3) is 6.08 Å². The summed E-state index contributed by atoms with van der Waals surface area (Å²) in [6.07, 6.45) is 1.37. The van der Waals surface area contributed by atoms with Gasteiger partial charge in [-0.15, -0.1) is 0 Å². The SMILES string of the molecule is CCOc1ccc(NC(=O)/C(C#N)=C\c2cc(Cl)c(OCc3cccc(F)c3)c(Cl)c2)cc1. The van der Waals surface area contributed by atoms with Crippen LogP contribution in [-0.2, 0) is 11.4 Å². The maximum absolute atomic E-state index is 13.3. The lowest BCUT2D eigenvalue weighted by molar-refractivity contribution is -0.112. The van der Waals surface area contributed by atoms with Crippen molar-refractivity contribution in [3.05, 3.63) is 93.2 Å². The Labute approximate surface area is 201 Å². The molecule has 0 radical (unpaired) electrons. The quantitative estimate of drug-likeness (QED) is 0.286. The van der Waals surface area contributed by atoms with E-state index in [-0.39, 0.29) is 33.8 Å². The Bertz CT molecular complexity index is 1200. The van der Waals surface area contributed by atoms with Crippen molar-refractivity contribution in [3.8, 4) is 17.6 Å². The lowest BCUT2D eigenvalue weighted by Crippen LogP contribution is -2.13.